The summed E-state index contributed by atoms with van der Waals surface area (Å²) >= 11 is 0. The van der Waals surface area contributed by atoms with Crippen LogP contribution < -0.4 is 19.5 Å². The van der Waals surface area contributed by atoms with Crippen LogP contribution in [0.1, 0.15) is 15.9 Å². The van der Waals surface area contributed by atoms with E-state index in [1.165, 1.54) is 7.11 Å². The molecule has 7 nitrogen and oxygen atoms in total. The largest absolute Gasteiger partial charge is 0.496 e. The second-order valence-corrected chi connectivity index (χ2v) is 6.06. The molecule has 0 unspecified atom stereocenters. The third-order valence-corrected chi connectivity index (χ3v) is 4.07. The molecule has 0 radical (unpaired) electrons. The SMILES string of the molecule is COc1cc(C(=O)OCC(=O)NC[C@H]2COc3ccccc3O2)ccc1C. The minimum Gasteiger partial charge on any atom is -0.496 e. The van der Waals surface area contributed by atoms with Gasteiger partial charge in [-0.15, -0.1) is 0 Å². The lowest BCUT2D eigenvalue weighted by Gasteiger charge is -2.26. The van der Waals surface area contributed by atoms with E-state index in [2.05, 4.69) is 5.32 Å². The second kappa shape index (κ2) is 8.44. The van der Waals surface area contributed by atoms with Gasteiger partial charge in [0.2, 0.25) is 0 Å². The third kappa shape index (κ3) is 4.69. The fourth-order valence-electron chi connectivity index (χ4n) is 2.60. The number of methoxy groups -OCH3 is 1. The topological polar surface area (TPSA) is 83.1 Å². The summed E-state index contributed by atoms with van der Waals surface area (Å²) in [5, 5.41) is 2.68. The highest BCUT2D eigenvalue weighted by atomic mass is 16.6. The first-order chi connectivity index (χ1) is 13.1. The van der Waals surface area contributed by atoms with E-state index in [4.69, 9.17) is 18.9 Å². The monoisotopic (exact) mass is 371 g/mol. The Hall–Kier alpha value is -3.22. The summed E-state index contributed by atoms with van der Waals surface area (Å²) < 4.78 is 21.6. The van der Waals surface area contributed by atoms with Crippen molar-refractivity contribution in [2.24, 2.45) is 0 Å². The summed E-state index contributed by atoms with van der Waals surface area (Å²) in [6.45, 7) is 2.08. The average Bonchev–Trinajstić information content (AvgIpc) is 2.70. The van der Waals surface area contributed by atoms with Crippen LogP contribution in [0.5, 0.6) is 17.2 Å². The summed E-state index contributed by atoms with van der Waals surface area (Å²) in [7, 11) is 1.53. The van der Waals surface area contributed by atoms with Gasteiger partial charge in [-0.3, -0.25) is 4.79 Å². The second-order valence-electron chi connectivity index (χ2n) is 6.06. The van der Waals surface area contributed by atoms with Crippen molar-refractivity contribution < 1.29 is 28.5 Å². The smallest absolute Gasteiger partial charge is 0.338 e. The molecular weight excluding hydrogens is 350 g/mol. The van der Waals surface area contributed by atoms with E-state index in [0.717, 1.165) is 5.56 Å². The number of hydrogen-bond donors (Lipinski definition) is 1. The fourth-order valence-corrected chi connectivity index (χ4v) is 2.60. The summed E-state index contributed by atoms with van der Waals surface area (Å²) in [4.78, 5) is 24.0. The minimum absolute atomic E-state index is 0.253. The van der Waals surface area contributed by atoms with E-state index in [1.54, 1.807) is 24.3 Å². The number of aryl methyl sites for hydroxylation is 1. The number of carbonyl (C=O) groups is 2. The molecule has 0 bridgehead atoms. The maximum absolute atomic E-state index is 12.1. The molecule has 27 heavy (non-hydrogen) atoms. The van der Waals surface area contributed by atoms with Gasteiger partial charge in [-0.25, -0.2) is 4.79 Å². The van der Waals surface area contributed by atoms with Crippen LogP contribution in [0, 0.1) is 6.92 Å². The lowest BCUT2D eigenvalue weighted by molar-refractivity contribution is -0.124. The zero-order valence-electron chi connectivity index (χ0n) is 15.2. The molecule has 1 heterocycles. The Bertz CT molecular complexity index is 835. The number of rotatable bonds is 6. The van der Waals surface area contributed by atoms with E-state index >= 15 is 0 Å². The van der Waals surface area contributed by atoms with Crippen LogP contribution in [0.3, 0.4) is 0 Å². The molecular formula is C20H21NO6. The van der Waals surface area contributed by atoms with Crippen molar-refractivity contribution in [1.82, 2.24) is 5.32 Å². The molecule has 1 atom stereocenters. The van der Waals surface area contributed by atoms with E-state index in [9.17, 15) is 9.59 Å². The fraction of sp³-hybridized carbons (Fsp3) is 0.300. The quantitative estimate of drug-likeness (QED) is 0.783. The summed E-state index contributed by atoms with van der Waals surface area (Å²) in [6, 6.07) is 12.3. The molecule has 0 spiro atoms. The molecule has 1 N–H and O–H groups in total. The molecule has 0 saturated carbocycles. The Morgan fingerprint density at radius 1 is 1.19 bits per heavy atom. The molecule has 7 heteroatoms. The minimum atomic E-state index is -0.588. The van der Waals surface area contributed by atoms with Crippen LogP contribution in [-0.2, 0) is 9.53 Å². The highest BCUT2D eigenvalue weighted by Gasteiger charge is 2.21. The van der Waals surface area contributed by atoms with Crippen LogP contribution in [0.15, 0.2) is 42.5 Å². The van der Waals surface area contributed by atoms with Crippen molar-refractivity contribution in [3.63, 3.8) is 0 Å². The van der Waals surface area contributed by atoms with E-state index in [0.29, 0.717) is 29.4 Å². The van der Waals surface area contributed by atoms with Gasteiger partial charge < -0.3 is 24.3 Å². The molecule has 0 aliphatic carbocycles. The van der Waals surface area contributed by atoms with E-state index in [1.807, 2.05) is 25.1 Å². The lowest BCUT2D eigenvalue weighted by Crippen LogP contribution is -2.42. The zero-order valence-corrected chi connectivity index (χ0v) is 15.2. The predicted octanol–water partition coefficient (Wildman–Crippen LogP) is 2.12. The predicted molar refractivity (Wildman–Crippen MR) is 97.4 cm³/mol. The van der Waals surface area contributed by atoms with Gasteiger partial charge in [0.05, 0.1) is 19.2 Å². The van der Waals surface area contributed by atoms with Gasteiger partial charge in [-0.2, -0.15) is 0 Å². The summed E-state index contributed by atoms with van der Waals surface area (Å²) in [5.74, 6) is 0.911. The number of ether oxygens (including phenoxy) is 4. The number of amides is 1. The van der Waals surface area contributed by atoms with E-state index < -0.39 is 11.9 Å². The first kappa shape index (κ1) is 18.6. The average molecular weight is 371 g/mol. The summed E-state index contributed by atoms with van der Waals surface area (Å²) in [5.41, 5.74) is 1.23. The molecule has 0 saturated heterocycles. The van der Waals surface area contributed by atoms with E-state index in [-0.39, 0.29) is 19.3 Å². The van der Waals surface area contributed by atoms with Crippen LogP contribution in [0.2, 0.25) is 0 Å². The number of benzene rings is 2. The van der Waals surface area contributed by atoms with Crippen molar-refractivity contribution >= 4 is 11.9 Å². The van der Waals surface area contributed by atoms with Crippen LogP contribution in [0.25, 0.3) is 0 Å². The Morgan fingerprint density at radius 2 is 1.96 bits per heavy atom. The zero-order chi connectivity index (χ0) is 19.2. The normalized spacial score (nSPS) is 15.0. The Labute approximate surface area is 157 Å². The van der Waals surface area contributed by atoms with Crippen LogP contribution in [-0.4, -0.2) is 44.8 Å². The molecule has 0 fully saturated rings. The van der Waals surface area contributed by atoms with Crippen LogP contribution in [0.4, 0.5) is 0 Å². The van der Waals surface area contributed by atoms with Crippen LogP contribution >= 0.6 is 0 Å². The van der Waals surface area contributed by atoms with Crippen molar-refractivity contribution in [3.05, 3.63) is 53.6 Å². The number of esters is 1. The van der Waals surface area contributed by atoms with Gasteiger partial charge in [0, 0.05) is 0 Å². The van der Waals surface area contributed by atoms with Gasteiger partial charge in [0.1, 0.15) is 18.5 Å². The molecule has 2 aromatic carbocycles. The number of carbonyl (C=O) groups excluding carboxylic acids is 2. The lowest BCUT2D eigenvalue weighted by atomic mass is 10.1. The number of fused-ring (bicyclic) bond motifs is 1. The molecule has 1 aliphatic rings. The summed E-state index contributed by atoms with van der Waals surface area (Å²) in [6.07, 6.45) is -0.305. The standard InChI is InChI=1S/C20H21NO6/c1-13-7-8-14(9-18(13)24-2)20(23)26-12-19(22)21-10-15-11-25-16-5-3-4-6-17(16)27-15/h3-9,15H,10-12H2,1-2H3,(H,21,22)/t15-/m0/s1. The van der Waals surface area contributed by atoms with Crippen molar-refractivity contribution in [1.29, 1.82) is 0 Å². The highest BCUT2D eigenvalue weighted by Crippen LogP contribution is 2.30. The van der Waals surface area contributed by atoms with Crippen molar-refractivity contribution in [2.75, 3.05) is 26.9 Å². The number of nitrogens with one attached hydrogen (secondary N) is 1. The van der Waals surface area contributed by atoms with Crippen molar-refractivity contribution in [2.45, 2.75) is 13.0 Å². The van der Waals surface area contributed by atoms with Gasteiger partial charge >= 0.3 is 5.97 Å². The van der Waals surface area contributed by atoms with Gasteiger partial charge in [0.15, 0.2) is 18.1 Å². The van der Waals surface area contributed by atoms with Gasteiger partial charge in [-0.05, 0) is 36.8 Å². The Balaban J connectivity index is 1.44. The molecule has 142 valence electrons. The molecule has 3 rings (SSSR count). The first-order valence-corrected chi connectivity index (χ1v) is 8.54. The molecule has 1 amide bonds. The number of hydrogen-bond acceptors (Lipinski definition) is 6. The maximum atomic E-state index is 12.1. The highest BCUT2D eigenvalue weighted by molar-refractivity contribution is 5.91. The Kier molecular flexibility index (Phi) is 5.80. The third-order valence-electron chi connectivity index (χ3n) is 4.07. The van der Waals surface area contributed by atoms with Gasteiger partial charge in [0.25, 0.3) is 5.91 Å². The first-order valence-electron chi connectivity index (χ1n) is 8.54. The molecule has 2 aromatic rings. The van der Waals surface area contributed by atoms with Gasteiger partial charge in [-0.1, -0.05) is 18.2 Å². The number of para-hydroxylation sites is 2. The maximum Gasteiger partial charge on any atom is 0.338 e. The van der Waals surface area contributed by atoms with Crippen molar-refractivity contribution in [3.8, 4) is 17.2 Å². The Morgan fingerprint density at radius 3 is 2.74 bits per heavy atom. The molecule has 0 aromatic heterocycles. The molecule has 1 aliphatic heterocycles.